The maximum absolute atomic E-state index is 13.5. The van der Waals surface area contributed by atoms with Gasteiger partial charge in [-0.1, -0.05) is 12.1 Å². The van der Waals surface area contributed by atoms with Gasteiger partial charge in [0.25, 0.3) is 0 Å². The minimum absolute atomic E-state index is 0.269. The highest BCUT2D eigenvalue weighted by molar-refractivity contribution is 5.96. The van der Waals surface area contributed by atoms with E-state index in [4.69, 9.17) is 4.74 Å². The molecular formula is C25H25FN6O. The van der Waals surface area contributed by atoms with E-state index in [0.717, 1.165) is 46.5 Å². The van der Waals surface area contributed by atoms with Crippen LogP contribution in [0, 0.1) is 18.7 Å². The lowest BCUT2D eigenvalue weighted by molar-refractivity contribution is 0.0863. The van der Waals surface area contributed by atoms with Crippen molar-refractivity contribution in [3.63, 3.8) is 0 Å². The molecule has 2 aromatic carbocycles. The van der Waals surface area contributed by atoms with Gasteiger partial charge in [-0.15, -0.1) is 0 Å². The number of anilines is 1. The topological polar surface area (TPSA) is 76.1 Å². The number of halogens is 1. The average Bonchev–Trinajstić information content (AvgIpc) is 2.81. The maximum Gasteiger partial charge on any atom is 0.146 e. The number of aromatic nitrogens is 4. The van der Waals surface area contributed by atoms with Crippen LogP contribution in [0.3, 0.4) is 0 Å². The predicted molar refractivity (Wildman–Crippen MR) is 126 cm³/mol. The highest BCUT2D eigenvalue weighted by Gasteiger charge is 2.24. The molecule has 0 atom stereocenters. The van der Waals surface area contributed by atoms with Crippen molar-refractivity contribution >= 4 is 16.7 Å². The van der Waals surface area contributed by atoms with Crippen molar-refractivity contribution in [3.05, 3.63) is 72.1 Å². The standard InChI is InChI=1S/C25H25FN6O/c1-16-3-8-21(31-30-16)11-27-25-22-9-19(18-4-6-20(26)7-5-18)10-23(24(22)28-15-29-25)33-14-17-12-32(2)13-17/h3-10,15,17H,11-14H2,1-2H3,(H,27,28,29). The third-order valence-corrected chi connectivity index (χ3v) is 5.79. The molecule has 1 aliphatic rings. The van der Waals surface area contributed by atoms with Gasteiger partial charge >= 0.3 is 0 Å². The van der Waals surface area contributed by atoms with Crippen LogP contribution in [-0.2, 0) is 6.54 Å². The molecule has 33 heavy (non-hydrogen) atoms. The Labute approximate surface area is 191 Å². The summed E-state index contributed by atoms with van der Waals surface area (Å²) in [5.41, 5.74) is 4.23. The summed E-state index contributed by atoms with van der Waals surface area (Å²) in [6, 6.07) is 14.3. The molecule has 0 saturated carbocycles. The second kappa shape index (κ2) is 9.07. The van der Waals surface area contributed by atoms with E-state index in [2.05, 4.69) is 37.4 Å². The number of aryl methyl sites for hydroxylation is 1. The number of hydrogen-bond acceptors (Lipinski definition) is 7. The Morgan fingerprint density at radius 3 is 2.58 bits per heavy atom. The lowest BCUT2D eigenvalue weighted by Gasteiger charge is -2.35. The quantitative estimate of drug-likeness (QED) is 0.460. The largest absolute Gasteiger partial charge is 0.491 e. The molecular weight excluding hydrogens is 419 g/mol. The van der Waals surface area contributed by atoms with Gasteiger partial charge in [-0.05, 0) is 61.5 Å². The van der Waals surface area contributed by atoms with Crippen molar-refractivity contribution in [2.45, 2.75) is 13.5 Å². The Hall–Kier alpha value is -3.65. The van der Waals surface area contributed by atoms with Gasteiger partial charge in [0.05, 0.1) is 24.5 Å². The molecule has 7 nitrogen and oxygen atoms in total. The highest BCUT2D eigenvalue weighted by Crippen LogP contribution is 2.35. The number of hydrogen-bond donors (Lipinski definition) is 1. The first-order valence-electron chi connectivity index (χ1n) is 10.9. The predicted octanol–water partition coefficient (Wildman–Crippen LogP) is 4.09. The number of fused-ring (bicyclic) bond motifs is 1. The molecule has 3 heterocycles. The Morgan fingerprint density at radius 2 is 1.85 bits per heavy atom. The van der Waals surface area contributed by atoms with Crippen LogP contribution in [0.4, 0.5) is 10.2 Å². The zero-order valence-corrected chi connectivity index (χ0v) is 18.6. The average molecular weight is 445 g/mol. The second-order valence-electron chi connectivity index (χ2n) is 8.52. The van der Waals surface area contributed by atoms with Gasteiger partial charge < -0.3 is 15.0 Å². The summed E-state index contributed by atoms with van der Waals surface area (Å²) in [5.74, 6) is 1.61. The molecule has 1 N–H and O–H groups in total. The van der Waals surface area contributed by atoms with Gasteiger partial charge in [-0.2, -0.15) is 10.2 Å². The first-order chi connectivity index (χ1) is 16.0. The van der Waals surface area contributed by atoms with Crippen molar-refractivity contribution in [2.24, 2.45) is 5.92 Å². The first kappa shape index (κ1) is 21.2. The van der Waals surface area contributed by atoms with Crippen molar-refractivity contribution in [1.82, 2.24) is 25.1 Å². The van der Waals surface area contributed by atoms with Gasteiger partial charge in [0.15, 0.2) is 0 Å². The van der Waals surface area contributed by atoms with Crippen molar-refractivity contribution in [2.75, 3.05) is 32.1 Å². The van der Waals surface area contributed by atoms with E-state index in [1.165, 1.54) is 18.5 Å². The van der Waals surface area contributed by atoms with Crippen LogP contribution in [0.15, 0.2) is 54.9 Å². The summed E-state index contributed by atoms with van der Waals surface area (Å²) < 4.78 is 19.7. The minimum Gasteiger partial charge on any atom is -0.491 e. The fourth-order valence-electron chi connectivity index (χ4n) is 4.03. The summed E-state index contributed by atoms with van der Waals surface area (Å²) in [4.78, 5) is 11.3. The van der Waals surface area contributed by atoms with Crippen molar-refractivity contribution < 1.29 is 9.13 Å². The summed E-state index contributed by atoms with van der Waals surface area (Å²) in [6.45, 7) is 5.05. The molecule has 0 unspecified atom stereocenters. The molecule has 0 spiro atoms. The summed E-state index contributed by atoms with van der Waals surface area (Å²) in [7, 11) is 2.10. The van der Waals surface area contributed by atoms with E-state index in [9.17, 15) is 4.39 Å². The van der Waals surface area contributed by atoms with Crippen LogP contribution in [-0.4, -0.2) is 51.8 Å². The summed E-state index contributed by atoms with van der Waals surface area (Å²) in [6.07, 6.45) is 1.53. The molecule has 0 aliphatic carbocycles. The number of rotatable bonds is 7. The molecule has 0 amide bonds. The van der Waals surface area contributed by atoms with Crippen molar-refractivity contribution in [1.29, 1.82) is 0 Å². The Kier molecular flexibility index (Phi) is 5.83. The van der Waals surface area contributed by atoms with Gasteiger partial charge in [-0.25, -0.2) is 14.4 Å². The van der Waals surface area contributed by atoms with E-state index >= 15 is 0 Å². The Bertz CT molecular complexity index is 1260. The zero-order valence-electron chi connectivity index (χ0n) is 18.6. The van der Waals surface area contributed by atoms with E-state index in [1.54, 1.807) is 12.1 Å². The molecule has 5 rings (SSSR count). The molecule has 1 saturated heterocycles. The molecule has 4 aromatic rings. The first-order valence-corrected chi connectivity index (χ1v) is 10.9. The van der Waals surface area contributed by atoms with Crippen LogP contribution in [0.25, 0.3) is 22.0 Å². The van der Waals surface area contributed by atoms with E-state index < -0.39 is 0 Å². The molecule has 1 aliphatic heterocycles. The maximum atomic E-state index is 13.5. The Morgan fingerprint density at radius 1 is 1.03 bits per heavy atom. The molecule has 0 radical (unpaired) electrons. The zero-order chi connectivity index (χ0) is 22.8. The van der Waals surface area contributed by atoms with Gasteiger partial charge in [0.1, 0.15) is 29.2 Å². The number of benzene rings is 2. The van der Waals surface area contributed by atoms with Gasteiger partial charge in [0.2, 0.25) is 0 Å². The summed E-state index contributed by atoms with van der Waals surface area (Å²) >= 11 is 0. The van der Waals surface area contributed by atoms with Crippen LogP contribution in [0.5, 0.6) is 5.75 Å². The van der Waals surface area contributed by atoms with Crippen LogP contribution >= 0.6 is 0 Å². The number of likely N-dealkylation sites (tertiary alicyclic amines) is 1. The van der Waals surface area contributed by atoms with Gasteiger partial charge in [0, 0.05) is 24.4 Å². The monoisotopic (exact) mass is 444 g/mol. The second-order valence-corrected chi connectivity index (χ2v) is 8.52. The fourth-order valence-corrected chi connectivity index (χ4v) is 4.03. The molecule has 8 heteroatoms. The number of nitrogens with zero attached hydrogens (tertiary/aromatic N) is 5. The lowest BCUT2D eigenvalue weighted by Crippen LogP contribution is -2.46. The van der Waals surface area contributed by atoms with E-state index in [-0.39, 0.29) is 5.82 Å². The van der Waals surface area contributed by atoms with Crippen LogP contribution < -0.4 is 10.1 Å². The highest BCUT2D eigenvalue weighted by atomic mass is 19.1. The SMILES string of the molecule is Cc1ccc(CNc2ncnc3c(OCC4CN(C)C4)cc(-c4ccc(F)cc4)cc23)nn1. The minimum atomic E-state index is -0.269. The van der Waals surface area contributed by atoms with Crippen LogP contribution in [0.1, 0.15) is 11.4 Å². The molecule has 0 bridgehead atoms. The lowest BCUT2D eigenvalue weighted by atomic mass is 10.0. The van der Waals surface area contributed by atoms with E-state index in [1.807, 2.05) is 31.2 Å². The van der Waals surface area contributed by atoms with Crippen molar-refractivity contribution in [3.8, 4) is 16.9 Å². The number of nitrogens with one attached hydrogen (secondary N) is 1. The molecule has 2 aromatic heterocycles. The third-order valence-electron chi connectivity index (χ3n) is 5.79. The molecule has 1 fully saturated rings. The fraction of sp³-hybridized carbons (Fsp3) is 0.280. The summed E-state index contributed by atoms with van der Waals surface area (Å²) in [5, 5.41) is 12.5. The normalized spacial score (nSPS) is 14.3. The third kappa shape index (κ3) is 4.75. The van der Waals surface area contributed by atoms with Gasteiger partial charge in [-0.3, -0.25) is 0 Å². The van der Waals surface area contributed by atoms with Crippen LogP contribution in [0.2, 0.25) is 0 Å². The smallest absolute Gasteiger partial charge is 0.146 e. The Balaban J connectivity index is 1.50. The number of ether oxygens (including phenoxy) is 1. The van der Waals surface area contributed by atoms with E-state index in [0.29, 0.717) is 30.6 Å². The molecule has 168 valence electrons.